The van der Waals surface area contributed by atoms with Gasteiger partial charge in [-0.15, -0.1) is 0 Å². The van der Waals surface area contributed by atoms with Crippen molar-refractivity contribution in [2.45, 2.75) is 45.1 Å². The maximum absolute atomic E-state index is 14.2. The Morgan fingerprint density at radius 3 is 2.89 bits per heavy atom. The first-order chi connectivity index (χ1) is 9.24. The lowest BCUT2D eigenvalue weighted by molar-refractivity contribution is 0.516. The fraction of sp³-hybridized carbons (Fsp3) is 0.500. The normalized spacial score (nSPS) is 17.1. The van der Waals surface area contributed by atoms with Crippen molar-refractivity contribution in [3.05, 3.63) is 46.3 Å². The van der Waals surface area contributed by atoms with Gasteiger partial charge in [-0.3, -0.25) is 0 Å². The van der Waals surface area contributed by atoms with Gasteiger partial charge < -0.3 is 5.32 Å². The predicted molar refractivity (Wildman–Crippen MR) is 79.0 cm³/mol. The van der Waals surface area contributed by atoms with E-state index in [1.807, 2.05) is 12.1 Å². The van der Waals surface area contributed by atoms with Crippen LogP contribution in [0.25, 0.3) is 0 Å². The third kappa shape index (κ3) is 3.58. The van der Waals surface area contributed by atoms with Crippen LogP contribution in [0.2, 0.25) is 5.02 Å². The summed E-state index contributed by atoms with van der Waals surface area (Å²) in [5.41, 5.74) is 1.98. The van der Waals surface area contributed by atoms with Gasteiger partial charge in [0.1, 0.15) is 5.82 Å². The number of benzene rings is 1. The number of hydrogen-bond acceptors (Lipinski definition) is 1. The van der Waals surface area contributed by atoms with Crippen LogP contribution in [0.1, 0.15) is 50.6 Å². The van der Waals surface area contributed by atoms with Crippen LogP contribution in [-0.4, -0.2) is 6.54 Å². The highest BCUT2D eigenvalue weighted by atomic mass is 35.5. The molecule has 2 rings (SSSR count). The molecule has 1 N–H and O–H groups in total. The smallest absolute Gasteiger partial charge is 0.146 e. The lowest BCUT2D eigenvalue weighted by Gasteiger charge is -2.25. The molecular weight excluding hydrogens is 261 g/mol. The Morgan fingerprint density at radius 1 is 1.37 bits per heavy atom. The minimum Gasteiger partial charge on any atom is -0.306 e. The van der Waals surface area contributed by atoms with Gasteiger partial charge in [0.25, 0.3) is 0 Å². The zero-order valence-corrected chi connectivity index (χ0v) is 12.1. The first-order valence-electron chi connectivity index (χ1n) is 7.10. The van der Waals surface area contributed by atoms with Crippen molar-refractivity contribution in [2.24, 2.45) is 0 Å². The van der Waals surface area contributed by atoms with Crippen molar-refractivity contribution in [1.82, 2.24) is 5.32 Å². The maximum atomic E-state index is 14.2. The van der Waals surface area contributed by atoms with Gasteiger partial charge in [-0.1, -0.05) is 42.3 Å². The molecule has 0 saturated heterocycles. The Labute approximate surface area is 119 Å². The topological polar surface area (TPSA) is 12.0 Å². The average molecular weight is 282 g/mol. The zero-order valence-electron chi connectivity index (χ0n) is 11.4. The summed E-state index contributed by atoms with van der Waals surface area (Å²) >= 11 is 5.91. The van der Waals surface area contributed by atoms with E-state index >= 15 is 0 Å². The summed E-state index contributed by atoms with van der Waals surface area (Å²) in [6.07, 6.45) is 7.87. The fourth-order valence-electron chi connectivity index (χ4n) is 2.60. The maximum Gasteiger partial charge on any atom is 0.146 e. The lowest BCUT2D eigenvalue weighted by Crippen LogP contribution is -2.25. The van der Waals surface area contributed by atoms with Crippen LogP contribution >= 0.6 is 11.6 Å². The van der Waals surface area contributed by atoms with Crippen molar-refractivity contribution < 1.29 is 4.39 Å². The van der Waals surface area contributed by atoms with Crippen LogP contribution in [0.5, 0.6) is 0 Å². The molecule has 1 unspecified atom stereocenters. The van der Waals surface area contributed by atoms with Gasteiger partial charge in [0.15, 0.2) is 0 Å². The van der Waals surface area contributed by atoms with E-state index in [0.717, 1.165) is 25.8 Å². The van der Waals surface area contributed by atoms with Crippen molar-refractivity contribution in [1.29, 1.82) is 0 Å². The molecule has 1 nitrogen and oxygen atoms in total. The molecule has 1 aliphatic carbocycles. The second kappa shape index (κ2) is 7.06. The van der Waals surface area contributed by atoms with Gasteiger partial charge >= 0.3 is 0 Å². The molecule has 1 aliphatic rings. The molecule has 0 amide bonds. The van der Waals surface area contributed by atoms with Crippen molar-refractivity contribution in [2.75, 3.05) is 6.54 Å². The number of rotatable bonds is 5. The largest absolute Gasteiger partial charge is 0.306 e. The fourth-order valence-corrected chi connectivity index (χ4v) is 2.78. The number of hydrogen-bond donors (Lipinski definition) is 1. The molecule has 0 bridgehead atoms. The highest BCUT2D eigenvalue weighted by Crippen LogP contribution is 2.33. The molecule has 104 valence electrons. The predicted octanol–water partition coefficient (Wildman–Crippen LogP) is 5.02. The molecule has 0 aromatic heterocycles. The second-order valence-corrected chi connectivity index (χ2v) is 5.46. The first-order valence-corrected chi connectivity index (χ1v) is 7.48. The van der Waals surface area contributed by atoms with E-state index in [-0.39, 0.29) is 16.9 Å². The molecular formula is C16H21ClFN. The minimum absolute atomic E-state index is 0.0288. The van der Waals surface area contributed by atoms with Gasteiger partial charge in [-0.05, 0) is 44.7 Å². The Morgan fingerprint density at radius 2 is 2.21 bits per heavy atom. The van der Waals surface area contributed by atoms with Crippen LogP contribution < -0.4 is 5.32 Å². The van der Waals surface area contributed by atoms with Crippen LogP contribution in [0.3, 0.4) is 0 Å². The third-order valence-electron chi connectivity index (χ3n) is 3.59. The van der Waals surface area contributed by atoms with E-state index in [4.69, 9.17) is 11.6 Å². The Kier molecular flexibility index (Phi) is 5.41. The van der Waals surface area contributed by atoms with Gasteiger partial charge in [0.2, 0.25) is 0 Å². The van der Waals surface area contributed by atoms with Crippen LogP contribution in [0.4, 0.5) is 4.39 Å². The molecule has 1 atom stereocenters. The molecule has 0 fully saturated rings. The van der Waals surface area contributed by atoms with E-state index in [0.29, 0.717) is 5.56 Å². The molecule has 1 aromatic rings. The van der Waals surface area contributed by atoms with Crippen molar-refractivity contribution >= 4 is 11.6 Å². The number of halogens is 2. The highest BCUT2D eigenvalue weighted by molar-refractivity contribution is 6.30. The van der Waals surface area contributed by atoms with E-state index in [1.54, 1.807) is 6.07 Å². The summed E-state index contributed by atoms with van der Waals surface area (Å²) in [5, 5.41) is 3.66. The summed E-state index contributed by atoms with van der Waals surface area (Å²) in [4.78, 5) is 0. The number of nitrogens with one attached hydrogen (secondary N) is 1. The van der Waals surface area contributed by atoms with E-state index < -0.39 is 0 Å². The standard InChI is InChI=1S/C16H21ClFN/c1-2-11-19-16(12-7-4-3-5-8-12)13-9-6-10-14(17)15(13)18/h6-7,9-10,16,19H,2-5,8,11H2,1H3. The number of allylic oxidation sites excluding steroid dienone is 1. The van der Waals surface area contributed by atoms with Gasteiger partial charge in [0.05, 0.1) is 11.1 Å². The van der Waals surface area contributed by atoms with Gasteiger partial charge in [-0.25, -0.2) is 4.39 Å². The quantitative estimate of drug-likeness (QED) is 0.747. The molecule has 0 heterocycles. The summed E-state index contributed by atoms with van der Waals surface area (Å²) in [7, 11) is 0. The van der Waals surface area contributed by atoms with Crippen LogP contribution in [0.15, 0.2) is 29.8 Å². The summed E-state index contributed by atoms with van der Waals surface area (Å²) < 4.78 is 14.2. The molecule has 0 saturated carbocycles. The molecule has 0 spiro atoms. The van der Waals surface area contributed by atoms with Crippen molar-refractivity contribution in [3.63, 3.8) is 0 Å². The Balaban J connectivity index is 2.30. The third-order valence-corrected chi connectivity index (χ3v) is 3.88. The molecule has 19 heavy (non-hydrogen) atoms. The van der Waals surface area contributed by atoms with Crippen molar-refractivity contribution in [3.8, 4) is 0 Å². The minimum atomic E-state index is -0.288. The van der Waals surface area contributed by atoms with Crippen LogP contribution in [-0.2, 0) is 0 Å². The van der Waals surface area contributed by atoms with E-state index in [9.17, 15) is 4.39 Å². The summed E-state index contributed by atoms with van der Waals surface area (Å²) in [6, 6.07) is 5.24. The Hall–Kier alpha value is -0.860. The summed E-state index contributed by atoms with van der Waals surface area (Å²) in [5.74, 6) is -0.288. The molecule has 3 heteroatoms. The van der Waals surface area contributed by atoms with Gasteiger partial charge in [-0.2, -0.15) is 0 Å². The monoisotopic (exact) mass is 281 g/mol. The first kappa shape index (κ1) is 14.5. The molecule has 0 radical (unpaired) electrons. The average Bonchev–Trinajstić information content (AvgIpc) is 2.45. The SMILES string of the molecule is CCCNC(C1=CCCCC1)c1cccc(Cl)c1F. The van der Waals surface area contributed by atoms with E-state index in [1.165, 1.54) is 18.4 Å². The molecule has 0 aliphatic heterocycles. The highest BCUT2D eigenvalue weighted by Gasteiger charge is 2.21. The molecule has 1 aromatic carbocycles. The lowest BCUT2D eigenvalue weighted by atomic mass is 9.89. The second-order valence-electron chi connectivity index (χ2n) is 5.06. The van der Waals surface area contributed by atoms with Crippen LogP contribution in [0, 0.1) is 5.82 Å². The zero-order chi connectivity index (χ0) is 13.7. The van der Waals surface area contributed by atoms with E-state index in [2.05, 4.69) is 18.3 Å². The Bertz CT molecular complexity index is 456. The summed E-state index contributed by atoms with van der Waals surface area (Å²) in [6.45, 7) is 3.00. The van der Waals surface area contributed by atoms with Gasteiger partial charge in [0, 0.05) is 5.56 Å².